The first-order chi connectivity index (χ1) is 13.0. The molecule has 0 spiro atoms. The molecule has 1 aliphatic heterocycles. The Labute approximate surface area is 163 Å². The molecule has 3 aliphatic carbocycles. The third kappa shape index (κ3) is 2.58. The predicted molar refractivity (Wildman–Crippen MR) is 92.0 cm³/mol. The summed E-state index contributed by atoms with van der Waals surface area (Å²) in [6.07, 6.45) is -4.74. The van der Waals surface area contributed by atoms with Crippen molar-refractivity contribution in [3.63, 3.8) is 0 Å². The van der Waals surface area contributed by atoms with Crippen LogP contribution in [0.25, 0.3) is 0 Å². The molecule has 28 heavy (non-hydrogen) atoms. The lowest BCUT2D eigenvalue weighted by Gasteiger charge is -2.74. The van der Waals surface area contributed by atoms with Gasteiger partial charge in [0.2, 0.25) is 5.91 Å². The number of hydrogen-bond donors (Lipinski definition) is 2. The molecular formula is C18H18ClF4N3O2. The van der Waals surface area contributed by atoms with Crippen LogP contribution in [0.2, 0.25) is 5.02 Å². The fraction of sp³-hybridized carbons (Fsp3) is 0.556. The summed E-state index contributed by atoms with van der Waals surface area (Å²) in [5.74, 6) is -1.92. The number of primary amides is 1. The highest BCUT2D eigenvalue weighted by Crippen LogP contribution is 2.82. The van der Waals surface area contributed by atoms with Crippen molar-refractivity contribution in [2.24, 2.45) is 16.6 Å². The van der Waals surface area contributed by atoms with Crippen molar-refractivity contribution in [1.29, 1.82) is 0 Å². The van der Waals surface area contributed by atoms with E-state index < -0.39 is 46.7 Å². The second kappa shape index (κ2) is 5.98. The predicted octanol–water partition coefficient (Wildman–Crippen LogP) is 3.17. The molecule has 0 aromatic heterocycles. The monoisotopic (exact) mass is 419 g/mol. The van der Waals surface area contributed by atoms with Gasteiger partial charge >= 0.3 is 12.2 Å². The topological polar surface area (TPSA) is 75.4 Å². The number of urea groups is 1. The lowest BCUT2D eigenvalue weighted by atomic mass is 9.30. The van der Waals surface area contributed by atoms with E-state index in [-0.39, 0.29) is 37.4 Å². The Morgan fingerprint density at radius 3 is 2.50 bits per heavy atom. The Kier molecular flexibility index (Phi) is 4.12. The van der Waals surface area contributed by atoms with Crippen LogP contribution in [0.15, 0.2) is 18.2 Å². The van der Waals surface area contributed by atoms with Crippen molar-refractivity contribution in [3.8, 4) is 0 Å². The summed E-state index contributed by atoms with van der Waals surface area (Å²) in [4.78, 5) is 25.8. The summed E-state index contributed by atoms with van der Waals surface area (Å²) in [5, 5.41) is 2.46. The first-order valence-corrected chi connectivity index (χ1v) is 9.23. The number of alkyl halides is 3. The number of nitrogens with one attached hydrogen (secondary N) is 1. The number of hydrogen-bond acceptors (Lipinski definition) is 2. The number of amides is 3. The Morgan fingerprint density at radius 1 is 1.32 bits per heavy atom. The minimum Gasteiger partial charge on any atom is -0.353 e. The summed E-state index contributed by atoms with van der Waals surface area (Å²) in [6, 6.07) is 1.96. The second-order valence-electron chi connectivity index (χ2n) is 8.09. The van der Waals surface area contributed by atoms with Crippen LogP contribution in [0, 0.1) is 16.6 Å². The average Bonchev–Trinajstić information content (AvgIpc) is 2.51. The first kappa shape index (κ1) is 19.3. The maximum Gasteiger partial charge on any atom is 0.394 e. The van der Waals surface area contributed by atoms with Gasteiger partial charge in [0.15, 0.2) is 0 Å². The van der Waals surface area contributed by atoms with Crippen molar-refractivity contribution < 1.29 is 27.2 Å². The number of nitrogens with two attached hydrogens (primary N) is 1. The fourth-order valence-electron chi connectivity index (χ4n) is 5.34. The molecule has 1 unspecified atom stereocenters. The van der Waals surface area contributed by atoms with E-state index in [1.165, 1.54) is 17.0 Å². The summed E-state index contributed by atoms with van der Waals surface area (Å²) < 4.78 is 53.8. The van der Waals surface area contributed by atoms with E-state index in [4.69, 9.17) is 17.3 Å². The molecule has 2 atom stereocenters. The molecule has 1 saturated heterocycles. The molecule has 5 rings (SSSR count). The van der Waals surface area contributed by atoms with Crippen LogP contribution < -0.4 is 11.1 Å². The van der Waals surface area contributed by atoms with Gasteiger partial charge in [-0.2, -0.15) is 13.2 Å². The number of rotatable bonds is 3. The molecule has 3 saturated carbocycles. The molecule has 4 fully saturated rings. The van der Waals surface area contributed by atoms with Crippen LogP contribution in [0.1, 0.15) is 30.7 Å². The summed E-state index contributed by atoms with van der Waals surface area (Å²) in [6.45, 7) is 0.353. The Balaban J connectivity index is 1.76. The third-order valence-electron chi connectivity index (χ3n) is 6.49. The second-order valence-corrected chi connectivity index (χ2v) is 8.50. The quantitative estimate of drug-likeness (QED) is 0.738. The van der Waals surface area contributed by atoms with E-state index in [9.17, 15) is 27.2 Å². The average molecular weight is 420 g/mol. The van der Waals surface area contributed by atoms with E-state index in [1.807, 2.05) is 0 Å². The molecule has 2 bridgehead atoms. The minimum atomic E-state index is -4.32. The first-order valence-electron chi connectivity index (χ1n) is 8.85. The lowest BCUT2D eigenvalue weighted by molar-refractivity contribution is -0.370. The maximum absolute atomic E-state index is 13.7. The van der Waals surface area contributed by atoms with Crippen molar-refractivity contribution in [3.05, 3.63) is 34.6 Å². The zero-order valence-corrected chi connectivity index (χ0v) is 15.4. The van der Waals surface area contributed by atoms with Gasteiger partial charge in [-0.05, 0) is 42.4 Å². The number of carbonyl (C=O) groups is 2. The van der Waals surface area contributed by atoms with Crippen LogP contribution in [-0.4, -0.2) is 42.1 Å². The SMILES string of the molecule is NC(=O)N1CCNC(=O)C1[C@H](c1ccc(F)c(Cl)c1)C12CC(C(F)(F)F)(C1)C2. The molecule has 4 aliphatic rings. The zero-order valence-electron chi connectivity index (χ0n) is 14.7. The summed E-state index contributed by atoms with van der Waals surface area (Å²) in [5.41, 5.74) is 3.31. The van der Waals surface area contributed by atoms with Crippen LogP contribution in [-0.2, 0) is 4.79 Å². The molecule has 3 amide bonds. The van der Waals surface area contributed by atoms with Crippen molar-refractivity contribution >= 4 is 23.5 Å². The molecule has 1 aromatic rings. The largest absolute Gasteiger partial charge is 0.394 e. The van der Waals surface area contributed by atoms with Crippen LogP contribution >= 0.6 is 11.6 Å². The summed E-state index contributed by atoms with van der Waals surface area (Å²) >= 11 is 5.90. The Bertz CT molecular complexity index is 840. The smallest absolute Gasteiger partial charge is 0.353 e. The van der Waals surface area contributed by atoms with E-state index in [1.54, 1.807) is 0 Å². The van der Waals surface area contributed by atoms with Gasteiger partial charge in [0, 0.05) is 19.0 Å². The molecule has 3 N–H and O–H groups in total. The maximum atomic E-state index is 13.7. The van der Waals surface area contributed by atoms with Crippen LogP contribution in [0.3, 0.4) is 0 Å². The molecule has 1 aromatic carbocycles. The number of nitrogens with zero attached hydrogens (tertiary/aromatic N) is 1. The normalized spacial score (nSPS) is 32.8. The molecule has 152 valence electrons. The molecular weight excluding hydrogens is 402 g/mol. The number of piperazine rings is 1. The minimum absolute atomic E-state index is 0.139. The number of carbonyl (C=O) groups excluding carboxylic acids is 2. The van der Waals surface area contributed by atoms with E-state index in [0.717, 1.165) is 6.07 Å². The third-order valence-corrected chi connectivity index (χ3v) is 6.78. The van der Waals surface area contributed by atoms with E-state index in [2.05, 4.69) is 5.32 Å². The van der Waals surface area contributed by atoms with Crippen molar-refractivity contribution in [2.75, 3.05) is 13.1 Å². The Morgan fingerprint density at radius 2 is 1.96 bits per heavy atom. The van der Waals surface area contributed by atoms with Gasteiger partial charge in [0.1, 0.15) is 11.9 Å². The standard InChI is InChI=1S/C18H18ClF4N3O2/c19-10-5-9(1-2-11(10)20)12(13-14(27)25-3-4-26(13)15(24)28)16-6-17(7-16,8-16)18(21,22)23/h1-2,5,12-13H,3-4,6-8H2,(H2,24,28)(H,25,27)/t12-,13?,16?,17?/m0/s1. The van der Waals surface area contributed by atoms with Gasteiger partial charge < -0.3 is 16.0 Å². The molecule has 1 heterocycles. The molecule has 10 heteroatoms. The van der Waals surface area contributed by atoms with Crippen LogP contribution in [0.4, 0.5) is 22.4 Å². The van der Waals surface area contributed by atoms with Crippen LogP contribution in [0.5, 0.6) is 0 Å². The fourth-order valence-corrected chi connectivity index (χ4v) is 5.53. The molecule has 0 radical (unpaired) electrons. The number of halogens is 5. The number of benzene rings is 1. The van der Waals surface area contributed by atoms with Crippen molar-refractivity contribution in [2.45, 2.75) is 37.4 Å². The highest BCUT2D eigenvalue weighted by atomic mass is 35.5. The Hall–Kier alpha value is -2.03. The highest BCUT2D eigenvalue weighted by molar-refractivity contribution is 6.30. The lowest BCUT2D eigenvalue weighted by Crippen LogP contribution is -2.73. The zero-order chi connectivity index (χ0) is 20.5. The molecule has 5 nitrogen and oxygen atoms in total. The van der Waals surface area contributed by atoms with Gasteiger partial charge in [0.05, 0.1) is 10.4 Å². The highest BCUT2D eigenvalue weighted by Gasteiger charge is 2.81. The van der Waals surface area contributed by atoms with E-state index >= 15 is 0 Å². The van der Waals surface area contributed by atoms with Gasteiger partial charge in [-0.15, -0.1) is 0 Å². The van der Waals surface area contributed by atoms with Gasteiger partial charge in [0.25, 0.3) is 0 Å². The summed E-state index contributed by atoms with van der Waals surface area (Å²) in [7, 11) is 0. The van der Waals surface area contributed by atoms with Gasteiger partial charge in [-0.3, -0.25) is 4.79 Å². The van der Waals surface area contributed by atoms with Gasteiger partial charge in [-0.25, -0.2) is 9.18 Å². The van der Waals surface area contributed by atoms with E-state index in [0.29, 0.717) is 5.56 Å². The van der Waals surface area contributed by atoms with Crippen molar-refractivity contribution in [1.82, 2.24) is 10.2 Å². The van der Waals surface area contributed by atoms with Gasteiger partial charge in [-0.1, -0.05) is 17.7 Å².